The molecule has 1 aliphatic heterocycles. The van der Waals surface area contributed by atoms with E-state index in [4.69, 9.17) is 4.42 Å². The van der Waals surface area contributed by atoms with Gasteiger partial charge < -0.3 is 15.1 Å². The number of amides is 1. The van der Waals surface area contributed by atoms with Crippen LogP contribution in [0.3, 0.4) is 0 Å². The van der Waals surface area contributed by atoms with Crippen molar-refractivity contribution in [3.05, 3.63) is 24.2 Å². The number of hydrogen-bond donors (Lipinski definition) is 2. The molecule has 1 amide bonds. The van der Waals surface area contributed by atoms with Gasteiger partial charge in [-0.1, -0.05) is 6.92 Å². The van der Waals surface area contributed by atoms with E-state index in [1.54, 1.807) is 6.26 Å². The summed E-state index contributed by atoms with van der Waals surface area (Å²) >= 11 is 0. The summed E-state index contributed by atoms with van der Waals surface area (Å²) in [7, 11) is 0. The highest BCUT2D eigenvalue weighted by Gasteiger charge is 2.20. The highest BCUT2D eigenvalue weighted by molar-refractivity contribution is 5.78. The fourth-order valence-electron chi connectivity index (χ4n) is 2.87. The molecule has 0 radical (unpaired) electrons. The minimum absolute atomic E-state index is 0.0605. The highest BCUT2D eigenvalue weighted by Crippen LogP contribution is 2.12. The molecule has 2 rings (SSSR count). The van der Waals surface area contributed by atoms with Crippen molar-refractivity contribution in [2.24, 2.45) is 0 Å². The van der Waals surface area contributed by atoms with Crippen molar-refractivity contribution in [2.45, 2.75) is 45.2 Å². The lowest BCUT2D eigenvalue weighted by molar-refractivity contribution is -0.123. The first-order chi connectivity index (χ1) is 10.2. The SMILES string of the molecule is CCCN(CC(=O)NC(C)c1ccco1)CC1CCCN1. The van der Waals surface area contributed by atoms with Crippen molar-refractivity contribution >= 4 is 5.91 Å². The van der Waals surface area contributed by atoms with E-state index in [0.717, 1.165) is 31.8 Å². The molecule has 0 aliphatic carbocycles. The van der Waals surface area contributed by atoms with Crippen molar-refractivity contribution in [3.8, 4) is 0 Å². The van der Waals surface area contributed by atoms with Gasteiger partial charge in [0, 0.05) is 12.6 Å². The van der Waals surface area contributed by atoms with Crippen LogP contribution in [0.1, 0.15) is 44.9 Å². The summed E-state index contributed by atoms with van der Waals surface area (Å²) in [6.07, 6.45) is 5.15. The van der Waals surface area contributed by atoms with Crippen molar-refractivity contribution in [1.82, 2.24) is 15.5 Å². The normalized spacial score (nSPS) is 19.9. The molecule has 1 fully saturated rings. The van der Waals surface area contributed by atoms with E-state index >= 15 is 0 Å². The van der Waals surface area contributed by atoms with Gasteiger partial charge in [0.25, 0.3) is 0 Å². The van der Waals surface area contributed by atoms with Crippen molar-refractivity contribution < 1.29 is 9.21 Å². The van der Waals surface area contributed by atoms with Gasteiger partial charge in [-0.25, -0.2) is 0 Å². The third-order valence-electron chi connectivity index (χ3n) is 3.90. The number of furan rings is 1. The molecule has 2 unspecified atom stereocenters. The van der Waals surface area contributed by atoms with E-state index in [1.807, 2.05) is 19.1 Å². The fraction of sp³-hybridized carbons (Fsp3) is 0.688. The lowest BCUT2D eigenvalue weighted by atomic mass is 10.2. The zero-order valence-electron chi connectivity index (χ0n) is 13.1. The van der Waals surface area contributed by atoms with Crippen LogP contribution in [0.15, 0.2) is 22.8 Å². The number of hydrogen-bond acceptors (Lipinski definition) is 4. The minimum atomic E-state index is -0.0828. The van der Waals surface area contributed by atoms with Crippen LogP contribution in [0.4, 0.5) is 0 Å². The first kappa shape index (κ1) is 16.0. The molecule has 5 nitrogen and oxygen atoms in total. The molecule has 0 spiro atoms. The molecule has 1 aromatic rings. The summed E-state index contributed by atoms with van der Waals surface area (Å²) in [6.45, 7) is 7.57. The largest absolute Gasteiger partial charge is 0.467 e. The molecule has 2 atom stereocenters. The van der Waals surface area contributed by atoms with Crippen molar-refractivity contribution in [3.63, 3.8) is 0 Å². The van der Waals surface area contributed by atoms with Gasteiger partial charge in [-0.3, -0.25) is 9.69 Å². The van der Waals surface area contributed by atoms with E-state index in [1.165, 1.54) is 12.8 Å². The Morgan fingerprint density at radius 3 is 3.10 bits per heavy atom. The zero-order valence-corrected chi connectivity index (χ0v) is 13.1. The standard InChI is InChI=1S/C16H27N3O2/c1-3-9-19(11-14-6-4-8-17-14)12-16(20)18-13(2)15-7-5-10-21-15/h5,7,10,13-14,17H,3-4,6,8-9,11-12H2,1-2H3,(H,18,20). The molecule has 2 N–H and O–H groups in total. The van der Waals surface area contributed by atoms with Gasteiger partial charge in [-0.05, 0) is 51.4 Å². The summed E-state index contributed by atoms with van der Waals surface area (Å²) in [6, 6.07) is 4.18. The predicted molar refractivity (Wildman–Crippen MR) is 83.0 cm³/mol. The number of carbonyl (C=O) groups excluding carboxylic acids is 1. The highest BCUT2D eigenvalue weighted by atomic mass is 16.3. The third-order valence-corrected chi connectivity index (χ3v) is 3.90. The second-order valence-electron chi connectivity index (χ2n) is 5.83. The number of nitrogens with one attached hydrogen (secondary N) is 2. The van der Waals surface area contributed by atoms with Gasteiger partial charge >= 0.3 is 0 Å². The Labute approximate surface area is 127 Å². The van der Waals surface area contributed by atoms with Gasteiger partial charge in [0.2, 0.25) is 5.91 Å². The summed E-state index contributed by atoms with van der Waals surface area (Å²) in [5, 5.41) is 6.49. The lowest BCUT2D eigenvalue weighted by Crippen LogP contribution is -2.43. The molecule has 5 heteroatoms. The average molecular weight is 293 g/mol. The van der Waals surface area contributed by atoms with Gasteiger partial charge in [-0.15, -0.1) is 0 Å². The predicted octanol–water partition coefficient (Wildman–Crippen LogP) is 1.92. The molecule has 1 aliphatic rings. The van der Waals surface area contributed by atoms with E-state index in [9.17, 15) is 4.79 Å². The zero-order chi connectivity index (χ0) is 15.1. The van der Waals surface area contributed by atoms with E-state index in [-0.39, 0.29) is 11.9 Å². The summed E-state index contributed by atoms with van der Waals surface area (Å²) in [4.78, 5) is 14.4. The Hall–Kier alpha value is -1.33. The van der Waals surface area contributed by atoms with E-state index in [2.05, 4.69) is 22.5 Å². The summed E-state index contributed by atoms with van der Waals surface area (Å²) in [5.74, 6) is 0.855. The first-order valence-electron chi connectivity index (χ1n) is 7.97. The minimum Gasteiger partial charge on any atom is -0.467 e. The van der Waals surface area contributed by atoms with Crippen molar-refractivity contribution in [1.29, 1.82) is 0 Å². The molecule has 118 valence electrons. The van der Waals surface area contributed by atoms with Crippen LogP contribution in [0.25, 0.3) is 0 Å². The van der Waals surface area contributed by atoms with Crippen LogP contribution >= 0.6 is 0 Å². The maximum absolute atomic E-state index is 12.2. The second-order valence-corrected chi connectivity index (χ2v) is 5.83. The Morgan fingerprint density at radius 1 is 1.62 bits per heavy atom. The number of carbonyl (C=O) groups is 1. The molecule has 0 bridgehead atoms. The molecule has 21 heavy (non-hydrogen) atoms. The van der Waals surface area contributed by atoms with Crippen LogP contribution in [0.2, 0.25) is 0 Å². The van der Waals surface area contributed by atoms with Crippen LogP contribution in [0.5, 0.6) is 0 Å². The molecular weight excluding hydrogens is 266 g/mol. The second kappa shape index (κ2) is 8.20. The van der Waals surface area contributed by atoms with Crippen molar-refractivity contribution in [2.75, 3.05) is 26.2 Å². The maximum atomic E-state index is 12.2. The Kier molecular flexibility index (Phi) is 6.26. The van der Waals surface area contributed by atoms with Crippen LogP contribution < -0.4 is 10.6 Å². The number of rotatable bonds is 8. The monoisotopic (exact) mass is 293 g/mol. The molecule has 2 heterocycles. The lowest BCUT2D eigenvalue weighted by Gasteiger charge is -2.25. The van der Waals surface area contributed by atoms with Crippen LogP contribution in [-0.2, 0) is 4.79 Å². The summed E-state index contributed by atoms with van der Waals surface area (Å²) in [5.41, 5.74) is 0. The molecule has 1 saturated heterocycles. The molecule has 0 saturated carbocycles. The molecule has 1 aromatic heterocycles. The number of nitrogens with zero attached hydrogens (tertiary/aromatic N) is 1. The van der Waals surface area contributed by atoms with E-state index in [0.29, 0.717) is 12.6 Å². The van der Waals surface area contributed by atoms with E-state index < -0.39 is 0 Å². The van der Waals surface area contributed by atoms with Gasteiger partial charge in [-0.2, -0.15) is 0 Å². The Morgan fingerprint density at radius 2 is 2.48 bits per heavy atom. The third kappa shape index (κ3) is 5.17. The fourth-order valence-corrected chi connectivity index (χ4v) is 2.87. The maximum Gasteiger partial charge on any atom is 0.234 e. The molecular formula is C16H27N3O2. The summed E-state index contributed by atoms with van der Waals surface area (Å²) < 4.78 is 5.32. The quantitative estimate of drug-likeness (QED) is 0.769. The van der Waals surface area contributed by atoms with Gasteiger partial charge in [0.15, 0.2) is 0 Å². The van der Waals surface area contributed by atoms with Gasteiger partial charge in [0.1, 0.15) is 5.76 Å². The Balaban J connectivity index is 1.79. The van der Waals surface area contributed by atoms with Gasteiger partial charge in [0.05, 0.1) is 18.8 Å². The molecule has 0 aromatic carbocycles. The smallest absolute Gasteiger partial charge is 0.234 e. The van der Waals surface area contributed by atoms with Crippen LogP contribution in [-0.4, -0.2) is 43.0 Å². The average Bonchev–Trinajstić information content (AvgIpc) is 3.11. The Bertz CT molecular complexity index is 413. The first-order valence-corrected chi connectivity index (χ1v) is 7.97. The van der Waals surface area contributed by atoms with Crippen LogP contribution in [0, 0.1) is 0 Å². The topological polar surface area (TPSA) is 57.5 Å².